The van der Waals surface area contributed by atoms with E-state index < -0.39 is 46.1 Å². The summed E-state index contributed by atoms with van der Waals surface area (Å²) in [7, 11) is 0. The van der Waals surface area contributed by atoms with E-state index in [4.69, 9.17) is 10.5 Å². The van der Waals surface area contributed by atoms with Gasteiger partial charge in [0.15, 0.2) is 11.4 Å². The predicted octanol–water partition coefficient (Wildman–Crippen LogP) is 1.41. The Morgan fingerprint density at radius 3 is 2.58 bits per heavy atom. The minimum absolute atomic E-state index is 0.0273. The van der Waals surface area contributed by atoms with E-state index in [1.54, 1.807) is 12.1 Å². The van der Waals surface area contributed by atoms with Gasteiger partial charge < -0.3 is 30.9 Å². The highest BCUT2D eigenvalue weighted by Crippen LogP contribution is 2.49. The van der Waals surface area contributed by atoms with Gasteiger partial charge in [-0.3, -0.25) is 14.4 Å². The Balaban J connectivity index is 1.77. The fourth-order valence-corrected chi connectivity index (χ4v) is 5.21. The lowest BCUT2D eigenvalue weighted by Gasteiger charge is -2.41. The maximum atomic E-state index is 13.4. The summed E-state index contributed by atoms with van der Waals surface area (Å²) < 4.78 is 5.36. The lowest BCUT2D eigenvalue weighted by atomic mass is 9.64. The van der Waals surface area contributed by atoms with E-state index in [1.807, 2.05) is 6.08 Å². The van der Waals surface area contributed by atoms with Gasteiger partial charge in [-0.15, -0.1) is 0 Å². The number of ether oxygens (including phenoxy) is 1. The Morgan fingerprint density at radius 2 is 1.91 bits per heavy atom. The van der Waals surface area contributed by atoms with Crippen molar-refractivity contribution in [3.63, 3.8) is 0 Å². The number of primary amides is 1. The van der Waals surface area contributed by atoms with Gasteiger partial charge in [-0.2, -0.15) is 0 Å². The highest BCUT2D eigenvalue weighted by Gasteiger charge is 2.57. The fraction of sp³-hybridized carbons (Fsp3) is 0.292. The van der Waals surface area contributed by atoms with Crippen LogP contribution in [0.15, 0.2) is 35.6 Å². The summed E-state index contributed by atoms with van der Waals surface area (Å²) in [5.74, 6) is -6.03. The van der Waals surface area contributed by atoms with Crippen LogP contribution in [-0.4, -0.2) is 56.7 Å². The van der Waals surface area contributed by atoms with E-state index in [9.17, 15) is 34.8 Å². The zero-order chi connectivity index (χ0) is 23.7. The monoisotopic (exact) mass is 451 g/mol. The zero-order valence-corrected chi connectivity index (χ0v) is 17.4. The Morgan fingerprint density at radius 1 is 1.15 bits per heavy atom. The van der Waals surface area contributed by atoms with E-state index in [1.165, 1.54) is 6.07 Å². The maximum absolute atomic E-state index is 13.4. The molecule has 2 aromatic rings. The number of aliphatic hydroxyl groups is 2. The van der Waals surface area contributed by atoms with Crippen LogP contribution in [0.3, 0.4) is 0 Å². The standard InChI is InChI=1S/C24H21NO8/c25-23(31)19-16(27)9-12-7-11-8-14-13(10-3-5-33-6-4-10)1-2-15(26)18(14)20(28)17(11)21(29)24(12,32)22(19)30/h1-3,8,12,26,28,30,32H,4-7,9H2,(H2,25,31)/t12-,24-/m0/s1. The number of carbonyl (C=O) groups excluding carboxylic acids is 3. The molecule has 1 heterocycles. The van der Waals surface area contributed by atoms with Gasteiger partial charge in [-0.05, 0) is 47.1 Å². The molecule has 9 nitrogen and oxygen atoms in total. The number of hydrogen-bond acceptors (Lipinski definition) is 8. The quantitative estimate of drug-likeness (QED) is 0.427. The topological polar surface area (TPSA) is 167 Å². The molecule has 2 atom stereocenters. The molecule has 1 amide bonds. The first-order valence-corrected chi connectivity index (χ1v) is 10.5. The van der Waals surface area contributed by atoms with Crippen molar-refractivity contribution in [2.24, 2.45) is 11.7 Å². The van der Waals surface area contributed by atoms with E-state index in [2.05, 4.69) is 0 Å². The number of benzene rings is 2. The molecule has 0 aromatic heterocycles. The molecule has 2 aromatic carbocycles. The van der Waals surface area contributed by atoms with Crippen LogP contribution < -0.4 is 5.73 Å². The minimum atomic E-state index is -2.59. The van der Waals surface area contributed by atoms with E-state index >= 15 is 0 Å². The smallest absolute Gasteiger partial charge is 0.255 e. The van der Waals surface area contributed by atoms with Gasteiger partial charge in [-0.25, -0.2) is 0 Å². The number of phenols is 2. The van der Waals surface area contributed by atoms with Gasteiger partial charge in [-0.1, -0.05) is 12.1 Å². The summed E-state index contributed by atoms with van der Waals surface area (Å²) >= 11 is 0. The molecule has 2 aliphatic carbocycles. The van der Waals surface area contributed by atoms with Crippen molar-refractivity contribution in [2.75, 3.05) is 13.2 Å². The number of hydrogen-bond donors (Lipinski definition) is 5. The van der Waals surface area contributed by atoms with Crippen LogP contribution in [0.5, 0.6) is 11.5 Å². The van der Waals surface area contributed by atoms with Gasteiger partial charge >= 0.3 is 0 Å². The second-order valence-electron chi connectivity index (χ2n) is 8.58. The van der Waals surface area contributed by atoms with Crippen molar-refractivity contribution < 1.29 is 39.5 Å². The van der Waals surface area contributed by atoms with Crippen molar-refractivity contribution in [1.82, 2.24) is 0 Å². The Bertz CT molecular complexity index is 1340. The molecule has 0 unspecified atom stereocenters. The number of Topliss-reactive ketones (excluding diaryl/α,β-unsaturated/α-hetero) is 2. The van der Waals surface area contributed by atoms with Crippen LogP contribution >= 0.6 is 0 Å². The number of aliphatic hydroxyl groups excluding tert-OH is 1. The first-order valence-electron chi connectivity index (χ1n) is 10.5. The normalized spacial score (nSPS) is 25.0. The maximum Gasteiger partial charge on any atom is 0.255 e. The van der Waals surface area contributed by atoms with Crippen molar-refractivity contribution in [2.45, 2.75) is 24.9 Å². The van der Waals surface area contributed by atoms with Crippen LogP contribution in [0.25, 0.3) is 16.3 Å². The summed E-state index contributed by atoms with van der Waals surface area (Å²) in [5, 5.41) is 43.9. The molecule has 0 saturated heterocycles. The van der Waals surface area contributed by atoms with Crippen molar-refractivity contribution in [3.05, 3.63) is 52.3 Å². The molecule has 5 rings (SSSR count). The summed E-state index contributed by atoms with van der Waals surface area (Å²) in [5.41, 5.74) is 3.58. The molecule has 3 aliphatic rings. The molecule has 33 heavy (non-hydrogen) atoms. The van der Waals surface area contributed by atoms with Crippen molar-refractivity contribution in [1.29, 1.82) is 0 Å². The number of fused-ring (bicyclic) bond motifs is 3. The highest BCUT2D eigenvalue weighted by molar-refractivity contribution is 6.23. The summed E-state index contributed by atoms with van der Waals surface area (Å²) in [4.78, 5) is 37.5. The SMILES string of the molecule is NC(=O)C1=C(O)[C@@]2(O)C(=O)c3c(cc4c(C5=CCOCC5)ccc(O)c4c3O)C[C@H]2CC1=O. The average Bonchev–Trinajstić information content (AvgIpc) is 2.76. The van der Waals surface area contributed by atoms with Crippen molar-refractivity contribution >= 4 is 33.8 Å². The summed E-state index contributed by atoms with van der Waals surface area (Å²) in [6.45, 7) is 0.951. The van der Waals surface area contributed by atoms with Gasteiger partial charge in [0.25, 0.3) is 5.91 Å². The van der Waals surface area contributed by atoms with Crippen LogP contribution in [0.2, 0.25) is 0 Å². The predicted molar refractivity (Wildman–Crippen MR) is 116 cm³/mol. The molecule has 1 aliphatic heterocycles. The number of amides is 1. The number of nitrogens with two attached hydrogens (primary N) is 1. The van der Waals surface area contributed by atoms with Crippen LogP contribution in [0.1, 0.15) is 34.3 Å². The molecular weight excluding hydrogens is 430 g/mol. The molecule has 6 N–H and O–H groups in total. The van der Waals surface area contributed by atoms with Gasteiger partial charge in [0, 0.05) is 12.3 Å². The van der Waals surface area contributed by atoms with Crippen LogP contribution in [0.4, 0.5) is 0 Å². The first-order chi connectivity index (χ1) is 15.7. The zero-order valence-electron chi connectivity index (χ0n) is 17.4. The van der Waals surface area contributed by atoms with Crippen LogP contribution in [0, 0.1) is 5.92 Å². The summed E-state index contributed by atoms with van der Waals surface area (Å²) in [6.07, 6.45) is 2.13. The van der Waals surface area contributed by atoms with Gasteiger partial charge in [0.1, 0.15) is 22.8 Å². The molecule has 0 saturated carbocycles. The van der Waals surface area contributed by atoms with E-state index in [0.717, 1.165) is 11.1 Å². The highest BCUT2D eigenvalue weighted by atomic mass is 16.5. The van der Waals surface area contributed by atoms with E-state index in [0.29, 0.717) is 30.6 Å². The largest absolute Gasteiger partial charge is 0.508 e. The van der Waals surface area contributed by atoms with Crippen molar-refractivity contribution in [3.8, 4) is 11.5 Å². The molecule has 0 radical (unpaired) electrons. The molecule has 9 heteroatoms. The third kappa shape index (κ3) is 2.82. The second-order valence-corrected chi connectivity index (χ2v) is 8.58. The number of ketones is 2. The molecule has 0 spiro atoms. The van der Waals surface area contributed by atoms with Gasteiger partial charge in [0.05, 0.1) is 24.2 Å². The second kappa shape index (κ2) is 7.16. The number of aromatic hydroxyl groups is 2. The van der Waals surface area contributed by atoms with Crippen LogP contribution in [-0.2, 0) is 20.7 Å². The fourth-order valence-electron chi connectivity index (χ4n) is 5.21. The lowest BCUT2D eigenvalue weighted by Crippen LogP contribution is -2.56. The third-order valence-electron chi connectivity index (χ3n) is 6.83. The molecule has 0 bridgehead atoms. The van der Waals surface area contributed by atoms with Gasteiger partial charge in [0.2, 0.25) is 5.78 Å². The number of rotatable bonds is 2. The number of carbonyl (C=O) groups is 3. The molecular formula is C24H21NO8. The minimum Gasteiger partial charge on any atom is -0.508 e. The number of phenolic OH excluding ortho intramolecular Hbond substituents is 2. The Labute approximate surface area is 187 Å². The molecule has 170 valence electrons. The molecule has 0 fully saturated rings. The Kier molecular flexibility index (Phi) is 4.59. The first kappa shape index (κ1) is 21.2. The third-order valence-corrected chi connectivity index (χ3v) is 6.83. The summed E-state index contributed by atoms with van der Waals surface area (Å²) in [6, 6.07) is 4.79. The lowest BCUT2D eigenvalue weighted by molar-refractivity contribution is -0.125. The average molecular weight is 451 g/mol. The Hall–Kier alpha value is -3.69. The van der Waals surface area contributed by atoms with E-state index in [-0.39, 0.29) is 29.5 Å².